The van der Waals surface area contributed by atoms with E-state index < -0.39 is 10.0 Å². The Morgan fingerprint density at radius 1 is 1.03 bits per heavy atom. The normalized spacial score (nSPS) is 15.9. The number of nitrogens with zero attached hydrogens (tertiary/aromatic N) is 4. The minimum atomic E-state index is -3.72. The molecule has 0 spiro atoms. The van der Waals surface area contributed by atoms with Crippen LogP contribution < -0.4 is 0 Å². The largest absolute Gasteiger partial charge is 0.337 e. The highest BCUT2D eigenvalue weighted by atomic mass is 35.5. The highest BCUT2D eigenvalue weighted by molar-refractivity contribution is 7.89. The molecule has 156 valence electrons. The molecule has 3 aromatic rings. The molecule has 30 heavy (non-hydrogen) atoms. The number of aromatic nitrogens is 2. The number of sulfonamides is 1. The third-order valence-corrected chi connectivity index (χ3v) is 7.99. The molecular formula is C19H16Cl2N4O3S2. The molecule has 0 bridgehead atoms. The number of fused-ring (bicyclic) bond motifs is 1. The fraction of sp³-hybridized carbons (Fsp3) is 0.211. The summed E-state index contributed by atoms with van der Waals surface area (Å²) in [6, 6.07) is 10.0. The summed E-state index contributed by atoms with van der Waals surface area (Å²) in [5.74, 6) is -0.191. The van der Waals surface area contributed by atoms with Crippen molar-refractivity contribution in [3.63, 3.8) is 0 Å². The Hall–Kier alpha value is -2.04. The van der Waals surface area contributed by atoms with Crippen LogP contribution in [0.5, 0.6) is 0 Å². The Labute approximate surface area is 187 Å². The summed E-state index contributed by atoms with van der Waals surface area (Å²) in [7, 11) is -3.72. The van der Waals surface area contributed by atoms with E-state index >= 15 is 0 Å². The lowest BCUT2D eigenvalue weighted by atomic mass is 10.2. The number of carbonyl (C=O) groups is 1. The van der Waals surface area contributed by atoms with Gasteiger partial charge in [0.1, 0.15) is 15.9 Å². The van der Waals surface area contributed by atoms with Crippen molar-refractivity contribution in [3.8, 4) is 0 Å². The van der Waals surface area contributed by atoms with Crippen LogP contribution >= 0.6 is 34.9 Å². The molecule has 2 aromatic carbocycles. The molecule has 0 aliphatic carbocycles. The van der Waals surface area contributed by atoms with Crippen LogP contribution in [0.15, 0.2) is 47.4 Å². The topological polar surface area (TPSA) is 83.5 Å². The number of carbonyl (C=O) groups excluding carboxylic acids is 1. The molecule has 0 saturated carbocycles. The Morgan fingerprint density at radius 3 is 2.53 bits per heavy atom. The van der Waals surface area contributed by atoms with Gasteiger partial charge < -0.3 is 4.90 Å². The third-order valence-electron chi connectivity index (χ3n) is 4.78. The fourth-order valence-corrected chi connectivity index (χ4v) is 5.65. The van der Waals surface area contributed by atoms with E-state index in [4.69, 9.17) is 23.2 Å². The van der Waals surface area contributed by atoms with Gasteiger partial charge in [0.05, 0.1) is 21.8 Å². The Balaban J connectivity index is 1.43. The molecule has 1 aliphatic heterocycles. The maximum absolute atomic E-state index is 13.1. The van der Waals surface area contributed by atoms with Gasteiger partial charge in [0.2, 0.25) is 15.9 Å². The molecule has 4 rings (SSSR count). The lowest BCUT2D eigenvalue weighted by molar-refractivity contribution is -0.127. The van der Waals surface area contributed by atoms with Crippen LogP contribution in [0.1, 0.15) is 5.56 Å². The summed E-state index contributed by atoms with van der Waals surface area (Å²) in [4.78, 5) is 14.2. The first-order chi connectivity index (χ1) is 14.4. The van der Waals surface area contributed by atoms with Crippen LogP contribution in [0.4, 0.5) is 0 Å². The van der Waals surface area contributed by atoms with Gasteiger partial charge in [0.25, 0.3) is 0 Å². The summed E-state index contributed by atoms with van der Waals surface area (Å²) in [5, 5.41) is 0.858. The van der Waals surface area contributed by atoms with Gasteiger partial charge in [0, 0.05) is 32.3 Å². The minimum absolute atomic E-state index is 0.146. The molecule has 0 N–H and O–H groups in total. The van der Waals surface area contributed by atoms with Gasteiger partial charge in [0.15, 0.2) is 0 Å². The van der Waals surface area contributed by atoms with Gasteiger partial charge in [-0.3, -0.25) is 4.79 Å². The van der Waals surface area contributed by atoms with E-state index in [1.165, 1.54) is 16.4 Å². The van der Waals surface area contributed by atoms with E-state index in [-0.39, 0.29) is 23.9 Å². The van der Waals surface area contributed by atoms with Crippen LogP contribution in [0.3, 0.4) is 0 Å². The van der Waals surface area contributed by atoms with E-state index in [0.717, 1.165) is 17.3 Å². The molecule has 1 saturated heterocycles. The SMILES string of the molecule is O=C(/C=C/c1ccc(Cl)c(Cl)c1)N1CCN(S(=O)(=O)c2cccc3nsnc23)CC1. The van der Waals surface area contributed by atoms with Gasteiger partial charge in [-0.2, -0.15) is 13.1 Å². The van der Waals surface area contributed by atoms with Gasteiger partial charge in [-0.15, -0.1) is 0 Å². The molecule has 2 heterocycles. The highest BCUT2D eigenvalue weighted by Gasteiger charge is 2.31. The standard InChI is InChI=1S/C19H16Cl2N4O3S2/c20-14-6-4-13(12-15(14)21)5-7-18(26)24-8-10-25(11-9-24)30(27,28)17-3-1-2-16-19(17)23-29-22-16/h1-7,12H,8-11H2/b7-5+. The van der Waals surface area contributed by atoms with Crippen molar-refractivity contribution >= 4 is 68.0 Å². The van der Waals surface area contributed by atoms with Crippen molar-refractivity contribution in [2.45, 2.75) is 4.90 Å². The molecule has 0 unspecified atom stereocenters. The second kappa shape index (κ2) is 8.60. The summed E-state index contributed by atoms with van der Waals surface area (Å²) in [6.07, 6.45) is 3.11. The number of hydrogen-bond donors (Lipinski definition) is 0. The van der Waals surface area contributed by atoms with E-state index in [2.05, 4.69) is 8.75 Å². The molecule has 11 heteroatoms. The van der Waals surface area contributed by atoms with Crippen LogP contribution in [-0.4, -0.2) is 58.5 Å². The smallest absolute Gasteiger partial charge is 0.246 e. The summed E-state index contributed by atoms with van der Waals surface area (Å²) in [5.41, 5.74) is 1.69. The van der Waals surface area contributed by atoms with Crippen LogP contribution in [0, 0.1) is 0 Å². The van der Waals surface area contributed by atoms with E-state index in [1.54, 1.807) is 41.3 Å². The van der Waals surface area contributed by atoms with Crippen molar-refractivity contribution in [2.75, 3.05) is 26.2 Å². The van der Waals surface area contributed by atoms with Crippen molar-refractivity contribution < 1.29 is 13.2 Å². The zero-order valence-corrected chi connectivity index (χ0v) is 18.7. The maximum atomic E-state index is 13.1. The molecule has 1 amide bonds. The molecular weight excluding hydrogens is 467 g/mol. The predicted molar refractivity (Wildman–Crippen MR) is 118 cm³/mol. The van der Waals surface area contributed by atoms with Gasteiger partial charge in [-0.1, -0.05) is 35.3 Å². The van der Waals surface area contributed by atoms with Crippen molar-refractivity contribution in [1.82, 2.24) is 18.0 Å². The van der Waals surface area contributed by atoms with Crippen LogP contribution in [-0.2, 0) is 14.8 Å². The van der Waals surface area contributed by atoms with Crippen molar-refractivity contribution in [3.05, 3.63) is 58.1 Å². The molecule has 1 aliphatic rings. The highest BCUT2D eigenvalue weighted by Crippen LogP contribution is 2.25. The number of piperazine rings is 1. The second-order valence-electron chi connectivity index (χ2n) is 6.62. The monoisotopic (exact) mass is 482 g/mol. The van der Waals surface area contributed by atoms with E-state index in [0.29, 0.717) is 34.2 Å². The van der Waals surface area contributed by atoms with Crippen molar-refractivity contribution in [1.29, 1.82) is 0 Å². The molecule has 7 nitrogen and oxygen atoms in total. The first-order valence-electron chi connectivity index (χ1n) is 9.00. The minimum Gasteiger partial charge on any atom is -0.337 e. The number of halogens is 2. The van der Waals surface area contributed by atoms with Gasteiger partial charge in [-0.25, -0.2) is 8.42 Å². The van der Waals surface area contributed by atoms with E-state index in [9.17, 15) is 13.2 Å². The van der Waals surface area contributed by atoms with E-state index in [1.807, 2.05) is 0 Å². The first kappa shape index (κ1) is 21.2. The zero-order valence-electron chi connectivity index (χ0n) is 15.5. The quantitative estimate of drug-likeness (QED) is 0.530. The molecule has 1 aromatic heterocycles. The summed E-state index contributed by atoms with van der Waals surface area (Å²) < 4.78 is 35.7. The van der Waals surface area contributed by atoms with Crippen LogP contribution in [0.2, 0.25) is 10.0 Å². The second-order valence-corrected chi connectivity index (χ2v) is 9.87. The van der Waals surface area contributed by atoms with Crippen molar-refractivity contribution in [2.24, 2.45) is 0 Å². The predicted octanol–water partition coefficient (Wildman–Crippen LogP) is 3.54. The third kappa shape index (κ3) is 4.21. The molecule has 1 fully saturated rings. The average molecular weight is 483 g/mol. The Bertz CT molecular complexity index is 1240. The van der Waals surface area contributed by atoms with Gasteiger partial charge in [-0.05, 0) is 35.9 Å². The number of benzene rings is 2. The van der Waals surface area contributed by atoms with Crippen LogP contribution in [0.25, 0.3) is 17.1 Å². The number of hydrogen-bond acceptors (Lipinski definition) is 6. The fourth-order valence-electron chi connectivity index (χ4n) is 3.17. The first-order valence-corrected chi connectivity index (χ1v) is 11.9. The summed E-state index contributed by atoms with van der Waals surface area (Å²) in [6.45, 7) is 1.02. The average Bonchev–Trinajstić information content (AvgIpc) is 3.23. The molecule has 0 radical (unpaired) electrons. The lowest BCUT2D eigenvalue weighted by Crippen LogP contribution is -2.50. The lowest BCUT2D eigenvalue weighted by Gasteiger charge is -2.33. The number of amides is 1. The maximum Gasteiger partial charge on any atom is 0.246 e. The number of rotatable bonds is 4. The Kier molecular flexibility index (Phi) is 6.08. The zero-order chi connectivity index (χ0) is 21.3. The summed E-state index contributed by atoms with van der Waals surface area (Å²) >= 11 is 12.9. The Morgan fingerprint density at radius 2 is 1.80 bits per heavy atom. The van der Waals surface area contributed by atoms with Gasteiger partial charge >= 0.3 is 0 Å². The molecule has 0 atom stereocenters.